The second kappa shape index (κ2) is 16.4. The largest absolute Gasteiger partial charge is 0.506 e. The molecule has 0 spiro atoms. The molecule has 0 unspecified atom stereocenters. The monoisotopic (exact) mass is 679 g/mol. The molecule has 5 aromatic rings. The lowest BCUT2D eigenvalue weighted by molar-refractivity contribution is -0.116. The van der Waals surface area contributed by atoms with Crippen molar-refractivity contribution in [3.63, 3.8) is 0 Å². The van der Waals surface area contributed by atoms with Crippen molar-refractivity contribution in [3.05, 3.63) is 112 Å². The summed E-state index contributed by atoms with van der Waals surface area (Å²) in [6.07, 6.45) is 2.83. The summed E-state index contributed by atoms with van der Waals surface area (Å²) in [7, 11) is 0. The van der Waals surface area contributed by atoms with Crippen LogP contribution >= 0.6 is 11.3 Å². The topological polar surface area (TPSA) is 136 Å². The molecular weight excluding hydrogens is 639 g/mol. The average molecular weight is 680 g/mol. The molecule has 0 radical (unpaired) electrons. The molecule has 1 aromatic heterocycles. The van der Waals surface area contributed by atoms with Gasteiger partial charge in [-0.2, -0.15) is 0 Å². The molecule has 4 aromatic carbocycles. The zero-order chi connectivity index (χ0) is 34.0. The summed E-state index contributed by atoms with van der Waals surface area (Å²) in [5, 5.41) is 19.3. The number of nitrogens with zero attached hydrogens (tertiary/aromatic N) is 1. The lowest BCUT2D eigenvalue weighted by Crippen LogP contribution is -2.39. The van der Waals surface area contributed by atoms with Crippen LogP contribution in [0.2, 0.25) is 0 Å². The number of piperidine rings is 1. The third kappa shape index (κ3) is 9.35. The van der Waals surface area contributed by atoms with Crippen molar-refractivity contribution in [1.82, 2.24) is 15.2 Å². The van der Waals surface area contributed by atoms with Crippen molar-refractivity contribution in [2.75, 3.05) is 43.4 Å². The number of aromatic nitrogens is 1. The summed E-state index contributed by atoms with van der Waals surface area (Å²) in [5.74, 6) is 0.0670. The molecule has 0 bridgehead atoms. The number of hydrogen-bond donors (Lipinski definition) is 5. The molecule has 0 atom stereocenters. The lowest BCUT2D eigenvalue weighted by atomic mass is 10.0. The maximum Gasteiger partial charge on any atom is 0.411 e. The number of amides is 2. The molecule has 0 saturated carbocycles. The molecular formula is C38H41N5O5S. The van der Waals surface area contributed by atoms with Crippen LogP contribution in [0.4, 0.5) is 16.2 Å². The van der Waals surface area contributed by atoms with Gasteiger partial charge >= 0.3 is 11.0 Å². The Hall–Kier alpha value is -4.97. The van der Waals surface area contributed by atoms with Crippen LogP contribution in [0.25, 0.3) is 21.3 Å². The van der Waals surface area contributed by atoms with Gasteiger partial charge in [0.05, 0.1) is 10.4 Å². The molecule has 1 fully saturated rings. The predicted molar refractivity (Wildman–Crippen MR) is 196 cm³/mol. The first-order valence-electron chi connectivity index (χ1n) is 16.7. The minimum Gasteiger partial charge on any atom is -0.506 e. The highest BCUT2D eigenvalue weighted by Crippen LogP contribution is 2.29. The number of anilines is 2. The number of ether oxygens (including phenoxy) is 1. The first-order valence-corrected chi connectivity index (χ1v) is 17.5. The maximum atomic E-state index is 12.7. The first kappa shape index (κ1) is 33.9. The zero-order valence-electron chi connectivity index (χ0n) is 27.2. The number of fused-ring (bicyclic) bond motifs is 1. The van der Waals surface area contributed by atoms with E-state index in [-0.39, 0.29) is 22.6 Å². The number of aromatic amines is 1. The van der Waals surface area contributed by atoms with E-state index in [1.807, 2.05) is 84.9 Å². The van der Waals surface area contributed by atoms with E-state index in [4.69, 9.17) is 4.74 Å². The molecule has 1 aliphatic rings. The van der Waals surface area contributed by atoms with Gasteiger partial charge in [-0.05, 0) is 79.7 Å². The summed E-state index contributed by atoms with van der Waals surface area (Å²) in [4.78, 5) is 41.9. The zero-order valence-corrected chi connectivity index (χ0v) is 28.1. The van der Waals surface area contributed by atoms with Gasteiger partial charge < -0.3 is 30.4 Å². The Morgan fingerprint density at radius 1 is 0.878 bits per heavy atom. The van der Waals surface area contributed by atoms with Gasteiger partial charge in [0.25, 0.3) is 0 Å². The van der Waals surface area contributed by atoms with E-state index in [1.165, 1.54) is 5.56 Å². The quantitative estimate of drug-likeness (QED) is 0.0912. The highest BCUT2D eigenvalue weighted by molar-refractivity contribution is 7.16. The molecule has 6 rings (SSSR count). The molecule has 1 aliphatic heterocycles. The number of thiazole rings is 1. The number of aromatic hydroxyl groups is 1. The van der Waals surface area contributed by atoms with Gasteiger partial charge in [0.15, 0.2) is 0 Å². The van der Waals surface area contributed by atoms with Crippen LogP contribution in [0.3, 0.4) is 0 Å². The number of para-hydroxylation sites is 1. The number of H-pyrrole nitrogens is 1. The first-order chi connectivity index (χ1) is 23.9. The number of carbonyl (C=O) groups excluding carboxylic acids is 2. The van der Waals surface area contributed by atoms with Crippen LogP contribution in [0.1, 0.15) is 30.4 Å². The van der Waals surface area contributed by atoms with E-state index in [9.17, 15) is 19.5 Å². The second-order valence-corrected chi connectivity index (χ2v) is 13.2. The summed E-state index contributed by atoms with van der Waals surface area (Å²) in [6.45, 7) is 3.73. The van der Waals surface area contributed by atoms with Crippen LogP contribution in [-0.2, 0) is 22.4 Å². The van der Waals surface area contributed by atoms with Gasteiger partial charge in [0, 0.05) is 37.3 Å². The molecule has 10 nitrogen and oxygen atoms in total. The number of hydrogen-bond acceptors (Lipinski definition) is 8. The predicted octanol–water partition coefficient (Wildman–Crippen LogP) is 6.38. The SMILES string of the molecule is O=C(CCN1CCC(OC(=O)Nc2ccccc2-c2ccccc2)CC1)Nc1ccc(CCNCCc2ccc(O)c3[nH]c(=O)sc23)cc1. The lowest BCUT2D eigenvalue weighted by Gasteiger charge is -2.31. The van der Waals surface area contributed by atoms with Crippen LogP contribution < -0.4 is 20.8 Å². The number of benzene rings is 4. The van der Waals surface area contributed by atoms with Crippen LogP contribution in [-0.4, -0.2) is 65.8 Å². The van der Waals surface area contributed by atoms with E-state index in [0.29, 0.717) is 24.2 Å². The molecule has 5 N–H and O–H groups in total. The van der Waals surface area contributed by atoms with Crippen LogP contribution in [0.5, 0.6) is 5.75 Å². The van der Waals surface area contributed by atoms with Gasteiger partial charge in [0.2, 0.25) is 5.91 Å². The highest BCUT2D eigenvalue weighted by Gasteiger charge is 2.23. The summed E-state index contributed by atoms with van der Waals surface area (Å²) < 4.78 is 6.55. The highest BCUT2D eigenvalue weighted by atomic mass is 32.1. The fraction of sp³-hybridized carbons (Fsp3) is 0.289. The minimum atomic E-state index is -0.450. The molecule has 0 aliphatic carbocycles. The van der Waals surface area contributed by atoms with Crippen molar-refractivity contribution in [2.45, 2.75) is 38.2 Å². The smallest absolute Gasteiger partial charge is 0.411 e. The van der Waals surface area contributed by atoms with Crippen molar-refractivity contribution in [3.8, 4) is 16.9 Å². The number of likely N-dealkylation sites (tertiary alicyclic amines) is 1. The molecule has 11 heteroatoms. The number of carbonyl (C=O) groups is 2. The van der Waals surface area contributed by atoms with E-state index in [0.717, 1.165) is 90.3 Å². The van der Waals surface area contributed by atoms with Crippen LogP contribution in [0, 0.1) is 0 Å². The van der Waals surface area contributed by atoms with Crippen molar-refractivity contribution in [1.29, 1.82) is 0 Å². The van der Waals surface area contributed by atoms with Crippen molar-refractivity contribution < 1.29 is 19.4 Å². The van der Waals surface area contributed by atoms with Gasteiger partial charge in [-0.3, -0.25) is 14.9 Å². The second-order valence-electron chi connectivity index (χ2n) is 12.2. The standard InChI is InChI=1S/C38H41N5O5S/c44-33-15-12-28(36-35(33)42-38(47)49-36)17-22-39-21-16-26-10-13-29(14-11-26)40-34(45)20-25-43-23-18-30(19-24-43)48-37(46)41-32-9-5-4-8-31(32)27-6-2-1-3-7-27/h1-15,30,39,44H,16-25H2,(H,40,45)(H,41,46)(H,42,47). The number of phenols is 1. The van der Waals surface area contributed by atoms with Crippen molar-refractivity contribution >= 4 is 44.9 Å². The number of nitrogens with one attached hydrogen (secondary N) is 4. The van der Waals surface area contributed by atoms with Gasteiger partial charge in [-0.25, -0.2) is 4.79 Å². The third-order valence-electron chi connectivity index (χ3n) is 8.75. The van der Waals surface area contributed by atoms with Gasteiger partial charge in [-0.1, -0.05) is 78.1 Å². The third-order valence-corrected chi connectivity index (χ3v) is 9.71. The van der Waals surface area contributed by atoms with Gasteiger partial charge in [0.1, 0.15) is 17.4 Å². The Morgan fingerprint density at radius 3 is 2.41 bits per heavy atom. The van der Waals surface area contributed by atoms with E-state index in [2.05, 4.69) is 25.8 Å². The van der Waals surface area contributed by atoms with Crippen molar-refractivity contribution in [2.24, 2.45) is 0 Å². The molecule has 49 heavy (non-hydrogen) atoms. The molecule has 2 heterocycles. The van der Waals surface area contributed by atoms with E-state index in [1.54, 1.807) is 6.07 Å². The Kier molecular flexibility index (Phi) is 11.4. The van der Waals surface area contributed by atoms with Gasteiger partial charge in [-0.15, -0.1) is 0 Å². The Morgan fingerprint density at radius 2 is 1.61 bits per heavy atom. The van der Waals surface area contributed by atoms with Crippen LogP contribution in [0.15, 0.2) is 95.8 Å². The number of rotatable bonds is 13. The molecule has 1 saturated heterocycles. The average Bonchev–Trinajstić information content (AvgIpc) is 3.52. The number of phenolic OH excluding ortho intramolecular Hbond substituents is 1. The summed E-state index contributed by atoms with van der Waals surface area (Å²) in [5.41, 5.74) is 6.16. The van der Waals surface area contributed by atoms with E-state index < -0.39 is 6.09 Å². The Balaban J connectivity index is 0.854. The summed E-state index contributed by atoms with van der Waals surface area (Å²) in [6, 6.07) is 29.0. The minimum absolute atomic E-state index is 0.0278. The normalized spacial score (nSPS) is 13.7. The Labute approximate surface area is 289 Å². The Bertz CT molecular complexity index is 1920. The van der Waals surface area contributed by atoms with E-state index >= 15 is 0 Å². The fourth-order valence-electron chi connectivity index (χ4n) is 6.09. The summed E-state index contributed by atoms with van der Waals surface area (Å²) >= 11 is 1.12. The fourth-order valence-corrected chi connectivity index (χ4v) is 6.99. The maximum absolute atomic E-state index is 12.7. The molecule has 254 valence electrons. The molecule has 2 amide bonds.